The van der Waals surface area contributed by atoms with Crippen LogP contribution < -0.4 is 0 Å². The first-order chi connectivity index (χ1) is 16.3. The number of nitro groups is 2. The molecule has 2 aromatic rings. The third-order valence-electron chi connectivity index (χ3n) is 6.61. The molecule has 10 heteroatoms. The van der Waals surface area contributed by atoms with Crippen LogP contribution in [0.5, 0.6) is 0 Å². The molecule has 10 nitrogen and oxygen atoms in total. The van der Waals surface area contributed by atoms with Gasteiger partial charge in [0.05, 0.1) is 27.4 Å². The Balaban J connectivity index is 1.55. The van der Waals surface area contributed by atoms with Crippen LogP contribution >= 0.6 is 0 Å². The van der Waals surface area contributed by atoms with Crippen molar-refractivity contribution in [3.63, 3.8) is 0 Å². The number of carbonyl (C=O) groups excluding carboxylic acids is 2. The van der Waals surface area contributed by atoms with Crippen molar-refractivity contribution >= 4 is 23.3 Å². The van der Waals surface area contributed by atoms with Gasteiger partial charge in [0.2, 0.25) is 5.91 Å². The molecule has 1 amide bonds. The highest BCUT2D eigenvalue weighted by molar-refractivity contribution is 5.91. The Morgan fingerprint density at radius 3 is 2.12 bits per heavy atom. The number of rotatable bonds is 7. The number of nitrogens with zero attached hydrogens (tertiary/aromatic N) is 3. The largest absolute Gasteiger partial charge is 0.459 e. The molecule has 34 heavy (non-hydrogen) atoms. The molecule has 2 aromatic carbocycles. The average Bonchev–Trinajstić information content (AvgIpc) is 3.60. The molecule has 0 radical (unpaired) electrons. The number of likely N-dealkylation sites (tertiary alicyclic amines) is 1. The fraction of sp³-hybridized carbons (Fsp3) is 0.417. The first-order valence-electron chi connectivity index (χ1n) is 11.3. The first-order valence-corrected chi connectivity index (χ1v) is 11.3. The lowest BCUT2D eigenvalue weighted by molar-refractivity contribution is -0.394. The third kappa shape index (κ3) is 4.75. The van der Waals surface area contributed by atoms with E-state index in [1.807, 2.05) is 35.2 Å². The second kappa shape index (κ2) is 9.58. The van der Waals surface area contributed by atoms with Crippen molar-refractivity contribution in [1.82, 2.24) is 4.90 Å². The molecule has 1 aliphatic heterocycles. The Hall–Kier alpha value is -3.82. The van der Waals surface area contributed by atoms with Crippen LogP contribution in [0.4, 0.5) is 11.4 Å². The summed E-state index contributed by atoms with van der Waals surface area (Å²) in [7, 11) is 0. The number of hydrogen-bond donors (Lipinski definition) is 0. The number of nitro benzene ring substituents is 2. The summed E-state index contributed by atoms with van der Waals surface area (Å²) in [5, 5.41) is 22.3. The number of piperidine rings is 1. The summed E-state index contributed by atoms with van der Waals surface area (Å²) in [6.45, 7) is 3.12. The molecule has 1 saturated heterocycles. The summed E-state index contributed by atoms with van der Waals surface area (Å²) in [5.41, 5.74) is -0.429. The van der Waals surface area contributed by atoms with E-state index in [0.29, 0.717) is 0 Å². The Kier molecular flexibility index (Phi) is 6.58. The van der Waals surface area contributed by atoms with Crippen molar-refractivity contribution in [3.05, 3.63) is 79.9 Å². The normalized spacial score (nSPS) is 22.5. The molecule has 0 unspecified atom stereocenters. The van der Waals surface area contributed by atoms with E-state index in [2.05, 4.69) is 0 Å². The van der Waals surface area contributed by atoms with Gasteiger partial charge >= 0.3 is 5.97 Å². The fourth-order valence-corrected chi connectivity index (χ4v) is 4.91. The van der Waals surface area contributed by atoms with Crippen molar-refractivity contribution in [1.29, 1.82) is 0 Å². The minimum Gasteiger partial charge on any atom is -0.459 e. The van der Waals surface area contributed by atoms with Gasteiger partial charge in [0.1, 0.15) is 6.10 Å². The highest BCUT2D eigenvalue weighted by Gasteiger charge is 2.59. The fourth-order valence-electron chi connectivity index (χ4n) is 4.91. The predicted molar refractivity (Wildman–Crippen MR) is 121 cm³/mol. The lowest BCUT2D eigenvalue weighted by Gasteiger charge is -2.27. The van der Waals surface area contributed by atoms with E-state index in [1.165, 1.54) is 0 Å². The van der Waals surface area contributed by atoms with Gasteiger partial charge in [-0.1, -0.05) is 30.3 Å². The lowest BCUT2D eigenvalue weighted by Crippen LogP contribution is -2.37. The second-order valence-corrected chi connectivity index (χ2v) is 8.79. The van der Waals surface area contributed by atoms with E-state index in [9.17, 15) is 29.8 Å². The monoisotopic (exact) mass is 467 g/mol. The number of ether oxygens (including phenoxy) is 1. The van der Waals surface area contributed by atoms with Gasteiger partial charge in [-0.2, -0.15) is 0 Å². The van der Waals surface area contributed by atoms with Crippen molar-refractivity contribution in [2.75, 3.05) is 13.1 Å². The number of esters is 1. The molecule has 0 aromatic heterocycles. The highest BCUT2D eigenvalue weighted by atomic mass is 16.6. The van der Waals surface area contributed by atoms with Gasteiger partial charge in [-0.05, 0) is 31.7 Å². The minimum absolute atomic E-state index is 0.0486. The molecule has 2 aliphatic rings. The van der Waals surface area contributed by atoms with E-state index in [1.54, 1.807) is 6.92 Å². The Morgan fingerprint density at radius 2 is 1.56 bits per heavy atom. The van der Waals surface area contributed by atoms with Crippen molar-refractivity contribution in [3.8, 4) is 0 Å². The zero-order chi connectivity index (χ0) is 24.4. The molecule has 4 rings (SSSR count). The van der Waals surface area contributed by atoms with Crippen LogP contribution in [-0.2, 0) is 9.53 Å². The zero-order valence-electron chi connectivity index (χ0n) is 18.7. The maximum absolute atomic E-state index is 13.3. The minimum atomic E-state index is -0.901. The molecule has 0 N–H and O–H groups in total. The molecule has 1 heterocycles. The Morgan fingerprint density at radius 1 is 0.971 bits per heavy atom. The molecule has 4 atom stereocenters. The maximum Gasteiger partial charge on any atom is 0.338 e. The van der Waals surface area contributed by atoms with Crippen molar-refractivity contribution in [2.24, 2.45) is 11.8 Å². The molecule has 178 valence electrons. The zero-order valence-corrected chi connectivity index (χ0v) is 18.7. The number of carbonyl (C=O) groups is 2. The van der Waals surface area contributed by atoms with Gasteiger partial charge in [-0.3, -0.25) is 25.0 Å². The van der Waals surface area contributed by atoms with E-state index < -0.39 is 33.3 Å². The lowest BCUT2D eigenvalue weighted by atomic mass is 10.1. The number of benzene rings is 2. The SMILES string of the molecule is C[C@@H](OC(=O)c1cc([N+](=O)[O-])cc([N+](=O)[O-])c1)[C@@H]1[C@H](C(=O)N2CCCCC2)[C@H]1c1ccccc1. The Bertz CT molecular complexity index is 1080. The highest BCUT2D eigenvalue weighted by Crippen LogP contribution is 2.57. The summed E-state index contributed by atoms with van der Waals surface area (Å²) in [6.07, 6.45) is 2.36. The van der Waals surface area contributed by atoms with E-state index in [4.69, 9.17) is 4.74 Å². The van der Waals surface area contributed by atoms with Crippen LogP contribution in [0, 0.1) is 32.1 Å². The van der Waals surface area contributed by atoms with Crippen molar-refractivity contribution < 1.29 is 24.2 Å². The first kappa shape index (κ1) is 23.3. The number of non-ortho nitro benzene ring substituents is 2. The van der Waals surface area contributed by atoms with Crippen LogP contribution in [0.3, 0.4) is 0 Å². The van der Waals surface area contributed by atoms with Gasteiger partial charge in [0.25, 0.3) is 11.4 Å². The standard InChI is InChI=1S/C24H25N3O7/c1-15(34-24(29)17-12-18(26(30)31)14-19(13-17)27(32)33)20-21(16-8-4-2-5-9-16)22(20)23(28)25-10-6-3-7-11-25/h2,4-5,8-9,12-15,20-22H,3,6-7,10-11H2,1H3/t15-,20+,21+,22+/m1/s1. The van der Waals surface area contributed by atoms with Crippen LogP contribution in [0.2, 0.25) is 0 Å². The molecular weight excluding hydrogens is 442 g/mol. The van der Waals surface area contributed by atoms with Crippen molar-refractivity contribution in [2.45, 2.75) is 38.2 Å². The maximum atomic E-state index is 13.3. The molecule has 0 spiro atoms. The average molecular weight is 467 g/mol. The van der Waals surface area contributed by atoms with Gasteiger partial charge in [-0.15, -0.1) is 0 Å². The molecule has 2 fully saturated rings. The Labute approximate surface area is 195 Å². The molecule has 1 saturated carbocycles. The van der Waals surface area contributed by atoms with Gasteiger partial charge in [-0.25, -0.2) is 4.79 Å². The molecule has 1 aliphatic carbocycles. The van der Waals surface area contributed by atoms with Crippen LogP contribution in [0.15, 0.2) is 48.5 Å². The van der Waals surface area contributed by atoms with Crippen LogP contribution in [-0.4, -0.2) is 45.8 Å². The summed E-state index contributed by atoms with van der Waals surface area (Å²) in [4.78, 5) is 48.7. The second-order valence-electron chi connectivity index (χ2n) is 8.79. The number of amides is 1. The summed E-state index contributed by atoms with van der Waals surface area (Å²) >= 11 is 0. The number of hydrogen-bond acceptors (Lipinski definition) is 7. The van der Waals surface area contributed by atoms with Gasteiger partial charge in [0.15, 0.2) is 0 Å². The quantitative estimate of drug-likeness (QED) is 0.340. The van der Waals surface area contributed by atoms with Crippen LogP contribution in [0.25, 0.3) is 0 Å². The summed E-state index contributed by atoms with van der Waals surface area (Å²) in [6, 6.07) is 12.3. The predicted octanol–water partition coefficient (Wildman–Crippen LogP) is 4.09. The van der Waals surface area contributed by atoms with E-state index in [0.717, 1.165) is 56.1 Å². The molecule has 0 bridgehead atoms. The third-order valence-corrected chi connectivity index (χ3v) is 6.61. The topological polar surface area (TPSA) is 133 Å². The van der Waals surface area contributed by atoms with Gasteiger partial charge < -0.3 is 9.64 Å². The van der Waals surface area contributed by atoms with Gasteiger partial charge in [0, 0.05) is 37.1 Å². The van der Waals surface area contributed by atoms with E-state index >= 15 is 0 Å². The molecular formula is C24H25N3O7. The summed E-state index contributed by atoms with van der Waals surface area (Å²) < 4.78 is 5.59. The smallest absolute Gasteiger partial charge is 0.338 e. The summed E-state index contributed by atoms with van der Waals surface area (Å²) in [5.74, 6) is -1.55. The van der Waals surface area contributed by atoms with Crippen LogP contribution in [0.1, 0.15) is 48.0 Å². The van der Waals surface area contributed by atoms with E-state index in [-0.39, 0.29) is 29.2 Å².